The van der Waals surface area contributed by atoms with Crippen molar-refractivity contribution in [3.05, 3.63) is 10.6 Å². The first-order valence-corrected chi connectivity index (χ1v) is 10.2. The van der Waals surface area contributed by atoms with E-state index in [1.165, 1.54) is 16.7 Å². The zero-order chi connectivity index (χ0) is 20.0. The van der Waals surface area contributed by atoms with E-state index in [1.54, 1.807) is 25.9 Å². The van der Waals surface area contributed by atoms with Crippen LogP contribution in [0.5, 0.6) is 0 Å². The van der Waals surface area contributed by atoms with Gasteiger partial charge in [-0.2, -0.15) is 0 Å². The number of hydrogen-bond donors (Lipinski definition) is 3. The second kappa shape index (κ2) is 7.44. The lowest BCUT2D eigenvalue weighted by Gasteiger charge is -2.46. The molecule has 2 saturated heterocycles. The third-order valence-corrected chi connectivity index (χ3v) is 7.14. The molecule has 3 aliphatic rings. The summed E-state index contributed by atoms with van der Waals surface area (Å²) < 4.78 is 0. The maximum absolute atomic E-state index is 12.5. The van der Waals surface area contributed by atoms with Crippen molar-refractivity contribution >= 4 is 29.5 Å². The van der Waals surface area contributed by atoms with Crippen molar-refractivity contribution in [2.75, 3.05) is 20.6 Å². The van der Waals surface area contributed by atoms with Gasteiger partial charge in [0.25, 0.3) is 0 Å². The lowest BCUT2D eigenvalue weighted by Crippen LogP contribution is -2.63. The summed E-state index contributed by atoms with van der Waals surface area (Å²) in [5.41, 5.74) is 0.0566. The summed E-state index contributed by atoms with van der Waals surface area (Å²) in [5.74, 6) is -2.05. The molecule has 2 fully saturated rings. The Bertz CT molecular complexity index is 692. The van der Waals surface area contributed by atoms with E-state index < -0.39 is 18.0 Å². The van der Waals surface area contributed by atoms with Crippen molar-refractivity contribution in [3.8, 4) is 0 Å². The molecule has 0 aromatic heterocycles. The molecule has 0 saturated carbocycles. The van der Waals surface area contributed by atoms with Crippen LogP contribution in [-0.4, -0.2) is 81.9 Å². The van der Waals surface area contributed by atoms with Crippen LogP contribution in [0, 0.1) is 11.8 Å². The van der Waals surface area contributed by atoms with Crippen molar-refractivity contribution in [2.24, 2.45) is 11.8 Å². The average Bonchev–Trinajstić information content (AvgIpc) is 3.15. The summed E-state index contributed by atoms with van der Waals surface area (Å²) in [6, 6.07) is -0.554. The van der Waals surface area contributed by atoms with Crippen LogP contribution >= 0.6 is 11.8 Å². The quantitative estimate of drug-likeness (QED) is 0.545. The minimum Gasteiger partial charge on any atom is -0.477 e. The molecule has 3 N–H and O–H groups in total. The number of carboxylic acid groups (broad SMARTS) is 1. The second-order valence-corrected chi connectivity index (χ2v) is 9.01. The van der Waals surface area contributed by atoms with Gasteiger partial charge in [-0.15, -0.1) is 11.8 Å². The van der Waals surface area contributed by atoms with Gasteiger partial charge >= 0.3 is 5.97 Å². The van der Waals surface area contributed by atoms with Crippen LogP contribution in [-0.2, 0) is 14.4 Å². The fourth-order valence-electron chi connectivity index (χ4n) is 4.41. The lowest BCUT2D eigenvalue weighted by molar-refractivity contribution is -0.163. The molecule has 27 heavy (non-hydrogen) atoms. The topological polar surface area (TPSA) is 110 Å². The number of fused-ring (bicyclic) bond motifs is 1. The van der Waals surface area contributed by atoms with Crippen molar-refractivity contribution < 1.29 is 24.6 Å². The molecule has 0 unspecified atom stereocenters. The van der Waals surface area contributed by atoms with Gasteiger partial charge < -0.3 is 25.3 Å². The minimum atomic E-state index is -1.11. The van der Waals surface area contributed by atoms with Crippen LogP contribution in [0.1, 0.15) is 26.7 Å². The normalized spacial score (nSPS) is 33.7. The Labute approximate surface area is 163 Å². The first kappa shape index (κ1) is 20.2. The zero-order valence-electron chi connectivity index (χ0n) is 16.0. The number of likely N-dealkylation sites (N-methyl/N-ethyl adjacent to an activating group) is 1. The molecule has 0 bridgehead atoms. The van der Waals surface area contributed by atoms with Crippen molar-refractivity contribution in [3.63, 3.8) is 0 Å². The number of aliphatic carboxylic acids is 1. The molecule has 6 atom stereocenters. The fraction of sp³-hybridized carbons (Fsp3) is 0.722. The van der Waals surface area contributed by atoms with Gasteiger partial charge in [-0.1, -0.05) is 6.92 Å². The highest BCUT2D eigenvalue weighted by atomic mass is 32.2. The fourth-order valence-corrected chi connectivity index (χ4v) is 6.02. The van der Waals surface area contributed by atoms with Gasteiger partial charge in [-0.3, -0.25) is 9.59 Å². The Morgan fingerprint density at radius 2 is 2.07 bits per heavy atom. The number of rotatable bonds is 6. The molecule has 0 aromatic rings. The molecule has 3 rings (SSSR count). The number of carboxylic acids is 1. The van der Waals surface area contributed by atoms with Crippen molar-refractivity contribution in [1.29, 1.82) is 0 Å². The monoisotopic (exact) mass is 397 g/mol. The number of nitrogens with zero attached hydrogens (tertiary/aromatic N) is 2. The van der Waals surface area contributed by atoms with E-state index in [0.29, 0.717) is 24.3 Å². The highest BCUT2D eigenvalue weighted by Crippen LogP contribution is 2.53. The first-order valence-electron chi connectivity index (χ1n) is 9.28. The molecule has 9 heteroatoms. The third kappa shape index (κ3) is 3.25. The highest BCUT2D eigenvalue weighted by Gasteiger charge is 2.61. The smallest absolute Gasteiger partial charge is 0.353 e. The van der Waals surface area contributed by atoms with Gasteiger partial charge in [-0.25, -0.2) is 4.79 Å². The summed E-state index contributed by atoms with van der Waals surface area (Å²) in [6.45, 7) is 4.16. The molecule has 3 heterocycles. The van der Waals surface area contributed by atoms with Crippen molar-refractivity contribution in [1.82, 2.24) is 15.1 Å². The van der Waals surface area contributed by atoms with E-state index >= 15 is 0 Å². The summed E-state index contributed by atoms with van der Waals surface area (Å²) in [6.07, 6.45) is 0.506. The van der Waals surface area contributed by atoms with Gasteiger partial charge in [0.05, 0.1) is 24.1 Å². The average molecular weight is 397 g/mol. The second-order valence-electron chi connectivity index (χ2n) is 7.67. The third-order valence-electron chi connectivity index (χ3n) is 5.70. The summed E-state index contributed by atoms with van der Waals surface area (Å²) >= 11 is 1.47. The van der Waals surface area contributed by atoms with Crippen LogP contribution in [0.3, 0.4) is 0 Å². The molecule has 2 amide bonds. The summed E-state index contributed by atoms with van der Waals surface area (Å²) in [7, 11) is 3.43. The molecule has 3 aliphatic heterocycles. The van der Waals surface area contributed by atoms with Gasteiger partial charge in [0.15, 0.2) is 0 Å². The SMILES string of the molecule is CC[C@H]1C(S[C@@H]2CN[C@H](C(=O)N(C)C)C2)=C(C(=O)O)N2C(=O)[C@H]([C@@H](C)O)[C@@H]12. The number of carbonyl (C=O) groups excluding carboxylic acids is 2. The van der Waals surface area contributed by atoms with E-state index in [1.807, 2.05) is 6.92 Å². The molecular formula is C18H27N3O5S. The number of aliphatic hydroxyl groups excluding tert-OH is 1. The Morgan fingerprint density at radius 3 is 2.59 bits per heavy atom. The number of aliphatic hydroxyl groups is 1. The zero-order valence-corrected chi connectivity index (χ0v) is 16.8. The summed E-state index contributed by atoms with van der Waals surface area (Å²) in [5, 5.41) is 23.0. The van der Waals surface area contributed by atoms with Crippen LogP contribution in [0.4, 0.5) is 0 Å². The Balaban J connectivity index is 1.82. The number of hydrogen-bond acceptors (Lipinski definition) is 6. The van der Waals surface area contributed by atoms with Crippen LogP contribution in [0.25, 0.3) is 0 Å². The molecule has 0 aliphatic carbocycles. The largest absolute Gasteiger partial charge is 0.477 e. The van der Waals surface area contributed by atoms with Crippen LogP contribution < -0.4 is 5.32 Å². The maximum Gasteiger partial charge on any atom is 0.353 e. The lowest BCUT2D eigenvalue weighted by atomic mass is 9.77. The number of thioether (sulfide) groups is 1. The number of nitrogens with one attached hydrogen (secondary N) is 1. The van der Waals surface area contributed by atoms with Gasteiger partial charge in [0.1, 0.15) is 5.70 Å². The summed E-state index contributed by atoms with van der Waals surface area (Å²) in [4.78, 5) is 40.2. The molecule has 8 nitrogen and oxygen atoms in total. The minimum absolute atomic E-state index is 0.0113. The Hall–Kier alpha value is -1.58. The van der Waals surface area contributed by atoms with Gasteiger partial charge in [-0.05, 0) is 19.8 Å². The van der Waals surface area contributed by atoms with Crippen LogP contribution in [0.2, 0.25) is 0 Å². The molecule has 150 valence electrons. The number of carbonyl (C=O) groups is 3. The van der Waals surface area contributed by atoms with Gasteiger partial charge in [0, 0.05) is 36.7 Å². The number of β-lactam (4-membered cyclic amide) rings is 1. The Morgan fingerprint density at radius 1 is 1.41 bits per heavy atom. The highest BCUT2D eigenvalue weighted by molar-refractivity contribution is 8.03. The van der Waals surface area contributed by atoms with E-state index in [2.05, 4.69) is 5.32 Å². The first-order chi connectivity index (χ1) is 12.7. The van der Waals surface area contributed by atoms with E-state index in [-0.39, 0.29) is 40.8 Å². The molecular weight excluding hydrogens is 370 g/mol. The number of amides is 2. The molecule has 0 spiro atoms. The van der Waals surface area contributed by atoms with Crippen LogP contribution in [0.15, 0.2) is 10.6 Å². The standard InChI is InChI=1S/C18H27N3O5S/c1-5-10-13-12(8(2)22)17(24)21(13)14(18(25)26)15(10)27-9-6-11(19-7-9)16(23)20(3)4/h8-13,19,22H,5-7H2,1-4H3,(H,25,26)/t8-,9+,10-,11+,12-,13-/m1/s1. The maximum atomic E-state index is 12.5. The van der Waals surface area contributed by atoms with Gasteiger partial charge in [0.2, 0.25) is 11.8 Å². The predicted molar refractivity (Wildman–Crippen MR) is 101 cm³/mol. The van der Waals surface area contributed by atoms with E-state index in [0.717, 1.165) is 0 Å². The van der Waals surface area contributed by atoms with Crippen molar-refractivity contribution in [2.45, 2.75) is 50.1 Å². The predicted octanol–water partition coefficient (Wildman–Crippen LogP) is 0.0821. The Kier molecular flexibility index (Phi) is 5.56. The van der Waals surface area contributed by atoms with E-state index in [9.17, 15) is 24.6 Å². The molecule has 0 aromatic carbocycles. The van der Waals surface area contributed by atoms with E-state index in [4.69, 9.17) is 0 Å². The molecule has 0 radical (unpaired) electrons.